The fourth-order valence-electron chi connectivity index (χ4n) is 0. The average molecular weight is 113 g/mol. The maximum atomic E-state index is 9.85. The van der Waals surface area contributed by atoms with Gasteiger partial charge in [-0.2, -0.15) is 0 Å². The highest BCUT2D eigenvalue weighted by Crippen LogP contribution is 2.30. The van der Waals surface area contributed by atoms with Crippen molar-refractivity contribution in [3.63, 3.8) is 0 Å². The van der Waals surface area contributed by atoms with E-state index in [0.29, 0.717) is 0 Å². The highest BCUT2D eigenvalue weighted by atomic mass is 31.2. The average Bonchev–Trinajstić information content (AvgIpc) is 1.25. The molecule has 0 saturated heterocycles. The first-order valence-electron chi connectivity index (χ1n) is 2.09. The van der Waals surface area contributed by atoms with E-state index in [9.17, 15) is 4.57 Å². The monoisotopic (exact) mass is 113 g/mol. The highest BCUT2D eigenvalue weighted by molar-refractivity contribution is 7.51. The van der Waals surface area contributed by atoms with Gasteiger partial charge >= 0.3 is 7.60 Å². The predicted molar refractivity (Wildman–Crippen MR) is 21.1 cm³/mol. The minimum absolute atomic E-state index is 2.90. The quantitative estimate of drug-likeness (QED) is 0.384. The first kappa shape index (κ1) is 3.16. The van der Waals surface area contributed by atoms with Crippen LogP contribution in [0.5, 0.6) is 0 Å². The lowest BCUT2D eigenvalue weighted by molar-refractivity contribution is 0.374. The second-order valence-corrected chi connectivity index (χ2v) is 2.02. The maximum Gasteiger partial charge on any atom is 0.338 e. The molecule has 6 heavy (non-hydrogen) atoms. The Balaban J connectivity index is 4.26. The molecule has 0 radical (unpaired) electrons. The van der Waals surface area contributed by atoms with Crippen molar-refractivity contribution in [2.75, 3.05) is 6.24 Å². The molecule has 5 heteroatoms. The zero-order valence-corrected chi connectivity index (χ0v) is 3.72. The number of nitrogens with two attached hydrogens (primary N) is 1. The SMILES string of the molecule is [2H]C([2H])(N)P(=O)(O)O. The summed E-state index contributed by atoms with van der Waals surface area (Å²) in [6, 6.07) is 0. The summed E-state index contributed by atoms with van der Waals surface area (Å²) in [5.74, 6) is 0. The van der Waals surface area contributed by atoms with Crippen molar-refractivity contribution in [1.29, 1.82) is 0 Å². The summed E-state index contributed by atoms with van der Waals surface area (Å²) in [6.07, 6.45) is -2.90. The molecule has 0 aromatic carbocycles. The number of hydrogen-bond donors (Lipinski definition) is 3. The zero-order valence-electron chi connectivity index (χ0n) is 4.83. The van der Waals surface area contributed by atoms with Gasteiger partial charge in [0, 0.05) is 0 Å². The van der Waals surface area contributed by atoms with E-state index in [1.54, 1.807) is 0 Å². The van der Waals surface area contributed by atoms with Gasteiger partial charge in [0.15, 0.2) is 0 Å². The summed E-state index contributed by atoms with van der Waals surface area (Å²) in [7, 11) is -4.74. The second kappa shape index (κ2) is 1.71. The van der Waals surface area contributed by atoms with Crippen LogP contribution in [0, 0.1) is 0 Å². The van der Waals surface area contributed by atoms with E-state index in [1.165, 1.54) is 0 Å². The highest BCUT2D eigenvalue weighted by Gasteiger charge is 2.05. The van der Waals surface area contributed by atoms with Crippen LogP contribution >= 0.6 is 7.60 Å². The van der Waals surface area contributed by atoms with E-state index >= 15 is 0 Å². The molecule has 0 amide bonds. The molecule has 0 rings (SSSR count). The molecular weight excluding hydrogens is 105 g/mol. The minimum Gasteiger partial charge on any atom is -0.324 e. The lowest BCUT2D eigenvalue weighted by Gasteiger charge is -1.92. The molecular formula is CH6NO3P. The molecule has 38 valence electrons. The molecule has 0 unspecified atom stereocenters. The van der Waals surface area contributed by atoms with Gasteiger partial charge in [-0.1, -0.05) is 0 Å². The molecule has 0 saturated carbocycles. The van der Waals surface area contributed by atoms with Crippen molar-refractivity contribution in [1.82, 2.24) is 0 Å². The summed E-state index contributed by atoms with van der Waals surface area (Å²) in [5, 5.41) is 0. The smallest absolute Gasteiger partial charge is 0.324 e. The fraction of sp³-hybridized carbons (Fsp3) is 1.00. The van der Waals surface area contributed by atoms with E-state index in [1.807, 2.05) is 0 Å². The fourth-order valence-corrected chi connectivity index (χ4v) is 0. The predicted octanol–water partition coefficient (Wildman–Crippen LogP) is -0.920. The molecule has 0 fully saturated rings. The third-order valence-corrected chi connectivity index (χ3v) is 0.505. The van der Waals surface area contributed by atoms with E-state index in [4.69, 9.17) is 12.5 Å². The van der Waals surface area contributed by atoms with E-state index in [2.05, 4.69) is 5.73 Å². The van der Waals surface area contributed by atoms with E-state index < -0.39 is 13.8 Å². The summed E-state index contributed by atoms with van der Waals surface area (Å²) >= 11 is 0. The largest absolute Gasteiger partial charge is 0.338 e. The summed E-state index contributed by atoms with van der Waals surface area (Å²) in [6.45, 7) is 0. The van der Waals surface area contributed by atoms with Crippen molar-refractivity contribution in [2.45, 2.75) is 0 Å². The first-order chi connectivity index (χ1) is 3.25. The minimum atomic E-state index is -4.74. The van der Waals surface area contributed by atoms with Crippen LogP contribution in [0.4, 0.5) is 0 Å². The Morgan fingerprint density at radius 1 is 2.00 bits per heavy atom. The van der Waals surface area contributed by atoms with Gasteiger partial charge in [0.2, 0.25) is 0 Å². The molecule has 0 bridgehead atoms. The third-order valence-electron chi connectivity index (χ3n) is 0.168. The normalized spacial score (nSPS) is 19.2. The van der Waals surface area contributed by atoms with Crippen LogP contribution in [0.3, 0.4) is 0 Å². The number of rotatable bonds is 1. The lowest BCUT2D eigenvalue weighted by Crippen LogP contribution is -1.97. The van der Waals surface area contributed by atoms with Crippen molar-refractivity contribution in [3.8, 4) is 0 Å². The van der Waals surface area contributed by atoms with Gasteiger partial charge in [-0.25, -0.2) is 0 Å². The van der Waals surface area contributed by atoms with E-state index in [0.717, 1.165) is 0 Å². The van der Waals surface area contributed by atoms with Crippen LogP contribution < -0.4 is 5.73 Å². The van der Waals surface area contributed by atoms with E-state index in [-0.39, 0.29) is 0 Å². The maximum absolute atomic E-state index is 9.85. The third kappa shape index (κ3) is 4.11. The Hall–Kier alpha value is 0.110. The molecule has 0 aromatic heterocycles. The van der Waals surface area contributed by atoms with Gasteiger partial charge in [-0.3, -0.25) is 4.57 Å². The molecule has 0 aliphatic rings. The molecule has 0 spiro atoms. The Kier molecular flexibility index (Phi) is 0.898. The van der Waals surface area contributed by atoms with Gasteiger partial charge in [-0.05, 0) is 0 Å². The second-order valence-electron chi connectivity index (χ2n) is 0.673. The van der Waals surface area contributed by atoms with Crippen molar-refractivity contribution >= 4 is 7.60 Å². The topological polar surface area (TPSA) is 83.6 Å². The Bertz CT molecular complexity index is 124. The molecule has 0 aliphatic heterocycles. The zero-order chi connectivity index (χ0) is 7.00. The van der Waals surface area contributed by atoms with Crippen LogP contribution in [0.2, 0.25) is 0 Å². The van der Waals surface area contributed by atoms with Gasteiger partial charge in [0.1, 0.15) is 0 Å². The molecule has 0 aliphatic carbocycles. The standard InChI is InChI=1S/CH6NO3P/c2-1-6(3,4)5/h1-2H2,(H2,3,4,5)/i1D2. The Labute approximate surface area is 37.9 Å². The van der Waals surface area contributed by atoms with Gasteiger partial charge in [0.25, 0.3) is 0 Å². The van der Waals surface area contributed by atoms with Gasteiger partial charge < -0.3 is 15.5 Å². The van der Waals surface area contributed by atoms with Gasteiger partial charge in [-0.15, -0.1) is 0 Å². The summed E-state index contributed by atoms with van der Waals surface area (Å²) < 4.78 is 22.4. The summed E-state index contributed by atoms with van der Waals surface area (Å²) in [5.41, 5.74) is 4.38. The van der Waals surface area contributed by atoms with Crippen molar-refractivity contribution < 1.29 is 17.1 Å². The first-order valence-corrected chi connectivity index (χ1v) is 2.71. The molecule has 4 N–H and O–H groups in total. The van der Waals surface area contributed by atoms with Crippen LogP contribution in [-0.4, -0.2) is 16.0 Å². The van der Waals surface area contributed by atoms with Crippen LogP contribution in [0.25, 0.3) is 0 Å². The Morgan fingerprint density at radius 3 is 2.17 bits per heavy atom. The van der Waals surface area contributed by atoms with Crippen molar-refractivity contribution in [3.05, 3.63) is 0 Å². The number of hydrogen-bond acceptors (Lipinski definition) is 2. The molecule has 4 nitrogen and oxygen atoms in total. The van der Waals surface area contributed by atoms with Crippen LogP contribution in [0.15, 0.2) is 0 Å². The van der Waals surface area contributed by atoms with Crippen molar-refractivity contribution in [2.24, 2.45) is 5.73 Å². The van der Waals surface area contributed by atoms with Gasteiger partial charge in [0.05, 0.1) is 8.98 Å². The lowest BCUT2D eigenvalue weighted by atomic mass is 11.6. The van der Waals surface area contributed by atoms with Crippen LogP contribution in [0.1, 0.15) is 2.74 Å². The molecule has 0 heterocycles. The van der Waals surface area contributed by atoms with Crippen LogP contribution in [-0.2, 0) is 4.57 Å². The molecule has 0 atom stereocenters. The Morgan fingerprint density at radius 2 is 2.17 bits per heavy atom. The summed E-state index contributed by atoms with van der Waals surface area (Å²) in [4.78, 5) is 15.9. The molecule has 0 aromatic rings.